The molecule has 0 bridgehead atoms. The van der Waals surface area contributed by atoms with Gasteiger partial charge in [-0.3, -0.25) is 0 Å². The Bertz CT molecular complexity index is 471. The quantitative estimate of drug-likeness (QED) is 0.826. The highest BCUT2D eigenvalue weighted by Gasteiger charge is 2.17. The minimum atomic E-state index is -0.0287. The summed E-state index contributed by atoms with van der Waals surface area (Å²) in [7, 11) is 0. The van der Waals surface area contributed by atoms with Crippen LogP contribution in [-0.2, 0) is 11.2 Å². The largest absolute Gasteiger partial charge is 0.378 e. The van der Waals surface area contributed by atoms with Gasteiger partial charge in [0.2, 0.25) is 0 Å². The number of hydrogen-bond donors (Lipinski definition) is 1. The maximum absolute atomic E-state index is 12.0. The van der Waals surface area contributed by atoms with Gasteiger partial charge in [0.05, 0.1) is 13.2 Å². The highest BCUT2D eigenvalue weighted by Crippen LogP contribution is 2.19. The second kappa shape index (κ2) is 7.65. The number of hydrogen-bond acceptors (Lipinski definition) is 5. The fraction of sp³-hybridized carbons (Fsp3) is 0.769. The van der Waals surface area contributed by atoms with Crippen molar-refractivity contribution in [3.05, 3.63) is 5.82 Å². The van der Waals surface area contributed by atoms with Gasteiger partial charge in [-0.05, 0) is 20.1 Å². The smallest absolute Gasteiger partial charge is 0.317 e. The first-order valence-corrected chi connectivity index (χ1v) is 8.44. The number of amides is 2. The second-order valence-corrected chi connectivity index (χ2v) is 5.92. The Morgan fingerprint density at radius 3 is 2.71 bits per heavy atom. The average Bonchev–Trinajstić information content (AvgIpc) is 2.91. The maximum Gasteiger partial charge on any atom is 0.317 e. The molecule has 1 aromatic rings. The molecule has 0 spiro atoms. The van der Waals surface area contributed by atoms with E-state index >= 15 is 0 Å². The molecule has 0 unspecified atom stereocenters. The zero-order valence-electron chi connectivity index (χ0n) is 12.8. The zero-order chi connectivity index (χ0) is 15.2. The average molecular weight is 313 g/mol. The summed E-state index contributed by atoms with van der Waals surface area (Å²) in [4.78, 5) is 13.8. The van der Waals surface area contributed by atoms with Crippen molar-refractivity contribution in [2.24, 2.45) is 0 Å². The van der Waals surface area contributed by atoms with Crippen LogP contribution in [0.1, 0.15) is 25.7 Å². The molecule has 21 heavy (non-hydrogen) atoms. The highest BCUT2D eigenvalue weighted by atomic mass is 32.2. The van der Waals surface area contributed by atoms with Crippen LogP contribution >= 0.6 is 11.8 Å². The summed E-state index contributed by atoms with van der Waals surface area (Å²) >= 11 is 1.59. The Morgan fingerprint density at radius 2 is 2.10 bits per heavy atom. The van der Waals surface area contributed by atoms with Crippen molar-refractivity contribution in [1.29, 1.82) is 0 Å². The third-order valence-corrected chi connectivity index (χ3v) is 4.00. The molecule has 1 N–H and O–H groups in total. The monoisotopic (exact) mass is 313 g/mol. The molecule has 0 radical (unpaired) electrons. The predicted octanol–water partition coefficient (Wildman–Crippen LogP) is 1.17. The third-order valence-electron chi connectivity index (χ3n) is 3.36. The summed E-state index contributed by atoms with van der Waals surface area (Å²) in [5.74, 6) is 0.914. The normalized spacial score (nSPS) is 15.5. The molecule has 118 valence electrons. The number of urea groups is 1. The van der Waals surface area contributed by atoms with Gasteiger partial charge in [-0.15, -0.1) is 10.2 Å². The summed E-state index contributed by atoms with van der Waals surface area (Å²) in [5, 5.41) is 12.3. The van der Waals surface area contributed by atoms with Crippen molar-refractivity contribution >= 4 is 17.8 Å². The summed E-state index contributed by atoms with van der Waals surface area (Å²) in [5.41, 5.74) is 0. The number of aromatic nitrogens is 3. The number of carbonyl (C=O) groups excluding carboxylic acids is 1. The molecule has 7 nitrogen and oxygen atoms in total. The van der Waals surface area contributed by atoms with E-state index in [1.165, 1.54) is 0 Å². The van der Waals surface area contributed by atoms with Gasteiger partial charge in [0, 0.05) is 32.1 Å². The van der Waals surface area contributed by atoms with Crippen LogP contribution in [0.25, 0.3) is 0 Å². The zero-order valence-corrected chi connectivity index (χ0v) is 13.7. The molecule has 0 aromatic carbocycles. The molecular formula is C13H23N5O2S. The molecular weight excluding hydrogens is 290 g/mol. The Morgan fingerprint density at radius 1 is 1.38 bits per heavy atom. The van der Waals surface area contributed by atoms with Gasteiger partial charge in [-0.1, -0.05) is 11.8 Å². The maximum atomic E-state index is 12.0. The summed E-state index contributed by atoms with van der Waals surface area (Å²) in [6.07, 6.45) is 2.68. The van der Waals surface area contributed by atoms with E-state index in [-0.39, 0.29) is 6.03 Å². The summed E-state index contributed by atoms with van der Waals surface area (Å²) < 4.78 is 7.35. The van der Waals surface area contributed by atoms with E-state index in [1.807, 2.05) is 6.26 Å². The molecule has 0 atom stereocenters. The predicted molar refractivity (Wildman–Crippen MR) is 81.7 cm³/mol. The Hall–Kier alpha value is -1.28. The van der Waals surface area contributed by atoms with Gasteiger partial charge in [-0.25, -0.2) is 4.79 Å². The minimum Gasteiger partial charge on any atom is -0.378 e. The lowest BCUT2D eigenvalue weighted by Gasteiger charge is -2.26. The molecule has 1 aromatic heterocycles. The molecule has 2 amide bonds. The van der Waals surface area contributed by atoms with Crippen molar-refractivity contribution in [1.82, 2.24) is 25.0 Å². The van der Waals surface area contributed by atoms with E-state index in [1.54, 1.807) is 16.7 Å². The van der Waals surface area contributed by atoms with E-state index in [0.29, 0.717) is 45.3 Å². The molecule has 1 aliphatic rings. The molecule has 1 saturated heterocycles. The lowest BCUT2D eigenvalue weighted by atomic mass is 10.3. The fourth-order valence-corrected chi connectivity index (χ4v) is 2.93. The van der Waals surface area contributed by atoms with E-state index in [9.17, 15) is 4.79 Å². The second-order valence-electron chi connectivity index (χ2n) is 5.15. The molecule has 8 heteroatoms. The molecule has 1 fully saturated rings. The first-order valence-electron chi connectivity index (χ1n) is 7.21. The van der Waals surface area contributed by atoms with Gasteiger partial charge in [0.15, 0.2) is 5.16 Å². The Balaban J connectivity index is 1.85. The first-order chi connectivity index (χ1) is 10.1. The van der Waals surface area contributed by atoms with Crippen molar-refractivity contribution in [2.75, 3.05) is 39.1 Å². The van der Waals surface area contributed by atoms with Crippen molar-refractivity contribution < 1.29 is 9.53 Å². The number of morpholine rings is 1. The Kier molecular flexibility index (Phi) is 5.86. The SMILES string of the molecule is CSc1nnc(CCNC(=O)N2CCOCC2)n1C(C)C. The van der Waals surface area contributed by atoms with Crippen LogP contribution < -0.4 is 5.32 Å². The number of nitrogens with one attached hydrogen (secondary N) is 1. The van der Waals surface area contributed by atoms with E-state index < -0.39 is 0 Å². The lowest BCUT2D eigenvalue weighted by molar-refractivity contribution is 0.0532. The van der Waals surface area contributed by atoms with Crippen LogP contribution in [-0.4, -0.2) is 64.8 Å². The van der Waals surface area contributed by atoms with Crippen LogP contribution in [0.5, 0.6) is 0 Å². The summed E-state index contributed by atoms with van der Waals surface area (Å²) in [6, 6.07) is 0.284. The number of carbonyl (C=O) groups is 1. The number of rotatable bonds is 5. The third kappa shape index (κ3) is 4.10. The first kappa shape index (κ1) is 16.1. The Labute approximate surface area is 129 Å². The highest BCUT2D eigenvalue weighted by molar-refractivity contribution is 7.98. The van der Waals surface area contributed by atoms with Crippen molar-refractivity contribution in [3.63, 3.8) is 0 Å². The molecule has 1 aliphatic heterocycles. The molecule has 0 saturated carbocycles. The van der Waals surface area contributed by atoms with Gasteiger partial charge >= 0.3 is 6.03 Å². The van der Waals surface area contributed by atoms with Crippen LogP contribution in [0.15, 0.2) is 5.16 Å². The standard InChI is InChI=1S/C13H23N5O2S/c1-10(2)18-11(15-16-13(18)21-3)4-5-14-12(19)17-6-8-20-9-7-17/h10H,4-9H2,1-3H3,(H,14,19). The van der Waals surface area contributed by atoms with Gasteiger partial charge in [0.1, 0.15) is 5.82 Å². The van der Waals surface area contributed by atoms with E-state index in [0.717, 1.165) is 11.0 Å². The van der Waals surface area contributed by atoms with Gasteiger partial charge in [0.25, 0.3) is 0 Å². The molecule has 2 rings (SSSR count). The topological polar surface area (TPSA) is 72.3 Å². The van der Waals surface area contributed by atoms with E-state index in [4.69, 9.17) is 4.74 Å². The minimum absolute atomic E-state index is 0.0287. The van der Waals surface area contributed by atoms with Crippen molar-refractivity contribution in [3.8, 4) is 0 Å². The fourth-order valence-electron chi connectivity index (χ4n) is 2.30. The van der Waals surface area contributed by atoms with Crippen LogP contribution in [0.2, 0.25) is 0 Å². The van der Waals surface area contributed by atoms with Crippen LogP contribution in [0, 0.1) is 0 Å². The van der Waals surface area contributed by atoms with Gasteiger partial charge < -0.3 is 19.5 Å². The number of nitrogens with zero attached hydrogens (tertiary/aromatic N) is 4. The molecule has 0 aliphatic carbocycles. The summed E-state index contributed by atoms with van der Waals surface area (Å²) in [6.45, 7) is 7.33. The van der Waals surface area contributed by atoms with Gasteiger partial charge in [-0.2, -0.15) is 0 Å². The van der Waals surface area contributed by atoms with Crippen LogP contribution in [0.4, 0.5) is 4.79 Å². The molecule has 2 heterocycles. The van der Waals surface area contributed by atoms with Crippen LogP contribution in [0.3, 0.4) is 0 Å². The van der Waals surface area contributed by atoms with E-state index in [2.05, 4.69) is 33.9 Å². The lowest BCUT2D eigenvalue weighted by Crippen LogP contribution is -2.46. The number of ether oxygens (including phenoxy) is 1. The van der Waals surface area contributed by atoms with Crippen molar-refractivity contribution in [2.45, 2.75) is 31.5 Å². The number of thioether (sulfide) groups is 1.